The summed E-state index contributed by atoms with van der Waals surface area (Å²) in [6, 6.07) is 22.6. The summed E-state index contributed by atoms with van der Waals surface area (Å²) < 4.78 is 33.0. The first-order chi connectivity index (χ1) is 19.6. The highest BCUT2D eigenvalue weighted by Crippen LogP contribution is 2.33. The van der Waals surface area contributed by atoms with Crippen LogP contribution in [-0.4, -0.2) is 29.6 Å². The van der Waals surface area contributed by atoms with E-state index in [1.807, 2.05) is 54.6 Å². The number of pyridine rings is 1. The highest BCUT2D eigenvalue weighted by atomic mass is 19.3. The normalized spacial score (nSPS) is 15.0. The molecule has 7 nitrogen and oxygen atoms in total. The van der Waals surface area contributed by atoms with Crippen molar-refractivity contribution in [2.24, 2.45) is 11.0 Å². The molecule has 0 saturated heterocycles. The summed E-state index contributed by atoms with van der Waals surface area (Å²) in [5.41, 5.74) is 4.35. The van der Waals surface area contributed by atoms with Crippen molar-refractivity contribution < 1.29 is 23.1 Å². The monoisotopic (exact) mass is 554 g/mol. The number of aromatic nitrogens is 1. The van der Waals surface area contributed by atoms with Gasteiger partial charge in [0.05, 0.1) is 18.5 Å². The minimum absolute atomic E-state index is 0.173. The number of rotatable bonds is 8. The molecule has 5 rings (SSSR count). The van der Waals surface area contributed by atoms with E-state index in [-0.39, 0.29) is 11.3 Å². The van der Waals surface area contributed by atoms with Gasteiger partial charge >= 0.3 is 0 Å². The molecule has 1 aliphatic heterocycles. The molecule has 41 heavy (non-hydrogen) atoms. The van der Waals surface area contributed by atoms with E-state index in [2.05, 4.69) is 15.4 Å². The van der Waals surface area contributed by atoms with Gasteiger partial charge in [0.2, 0.25) is 5.91 Å². The molecule has 0 aliphatic carbocycles. The third kappa shape index (κ3) is 6.14. The Morgan fingerprint density at radius 3 is 2.54 bits per heavy atom. The lowest BCUT2D eigenvalue weighted by molar-refractivity contribution is -0.127. The molecule has 0 saturated carbocycles. The molecule has 2 heterocycles. The molecule has 2 amide bonds. The molecule has 1 N–H and O–H groups in total. The number of halogens is 2. The third-order valence-electron chi connectivity index (χ3n) is 6.79. The number of ether oxygens (including phenoxy) is 1. The van der Waals surface area contributed by atoms with Crippen LogP contribution in [0.15, 0.2) is 96.4 Å². The van der Waals surface area contributed by atoms with Crippen LogP contribution < -0.4 is 15.1 Å². The number of methoxy groups -OCH3 is 1. The predicted molar refractivity (Wildman–Crippen MR) is 154 cm³/mol. The van der Waals surface area contributed by atoms with E-state index >= 15 is 0 Å². The summed E-state index contributed by atoms with van der Waals surface area (Å²) in [6.07, 6.45) is 3.98. The first-order valence-corrected chi connectivity index (χ1v) is 13.0. The molecular weight excluding hydrogens is 526 g/mol. The minimum Gasteiger partial charge on any atom is -0.497 e. The molecular formula is C32H28F2N4O3. The highest BCUT2D eigenvalue weighted by Gasteiger charge is 2.40. The Hall–Kier alpha value is -4.92. The molecule has 0 fully saturated rings. The molecule has 1 aromatic heterocycles. The van der Waals surface area contributed by atoms with Crippen LogP contribution in [0.2, 0.25) is 0 Å². The van der Waals surface area contributed by atoms with Crippen molar-refractivity contribution >= 4 is 28.9 Å². The van der Waals surface area contributed by atoms with E-state index in [9.17, 15) is 18.4 Å². The van der Waals surface area contributed by atoms with Gasteiger partial charge in [-0.15, -0.1) is 0 Å². The maximum absolute atomic E-state index is 13.8. The second-order valence-electron chi connectivity index (χ2n) is 9.94. The van der Waals surface area contributed by atoms with Crippen LogP contribution in [-0.2, 0) is 21.9 Å². The number of carbonyl (C=O) groups is 2. The lowest BCUT2D eigenvalue weighted by Crippen LogP contribution is -2.36. The molecule has 1 unspecified atom stereocenters. The SMILES string of the molecule is COc1cccc(Cc2cc(-c3cccnc3)cc(N3N=C(C)C(C(=O)Nc4cccc(C(C)(F)F)c4)C3=O)c2)c1. The summed E-state index contributed by atoms with van der Waals surface area (Å²) >= 11 is 0. The molecule has 0 radical (unpaired) electrons. The second kappa shape index (κ2) is 11.3. The number of anilines is 2. The van der Waals surface area contributed by atoms with Gasteiger partial charge in [-0.3, -0.25) is 14.6 Å². The van der Waals surface area contributed by atoms with Crippen molar-refractivity contribution in [1.82, 2.24) is 4.98 Å². The average Bonchev–Trinajstić information content (AvgIpc) is 3.26. The zero-order valence-electron chi connectivity index (χ0n) is 22.8. The summed E-state index contributed by atoms with van der Waals surface area (Å²) in [7, 11) is 1.61. The lowest BCUT2D eigenvalue weighted by atomic mass is 9.98. The molecule has 0 bridgehead atoms. The van der Waals surface area contributed by atoms with Crippen molar-refractivity contribution in [3.63, 3.8) is 0 Å². The number of hydrogen-bond donors (Lipinski definition) is 1. The number of benzene rings is 3. The molecule has 9 heteroatoms. The molecule has 0 spiro atoms. The Morgan fingerprint density at radius 2 is 1.80 bits per heavy atom. The Bertz CT molecular complexity index is 1630. The summed E-state index contributed by atoms with van der Waals surface area (Å²) in [5.74, 6) is -4.71. The first kappa shape index (κ1) is 27.6. The van der Waals surface area contributed by atoms with Gasteiger partial charge in [0.1, 0.15) is 5.75 Å². The van der Waals surface area contributed by atoms with Crippen molar-refractivity contribution in [1.29, 1.82) is 0 Å². The quantitative estimate of drug-likeness (QED) is 0.254. The third-order valence-corrected chi connectivity index (χ3v) is 6.79. The standard InChI is InChI=1S/C32H28F2N4O3/c1-20-29(30(39)36-26-10-5-9-25(18-26)32(2,33)34)31(40)38(37-20)27-15-22(13-21-7-4-11-28(16-21)41-3)14-24(17-27)23-8-6-12-35-19-23/h4-12,14-19,29H,13H2,1-3H3,(H,36,39). The highest BCUT2D eigenvalue weighted by molar-refractivity contribution is 6.28. The Labute approximate surface area is 236 Å². The van der Waals surface area contributed by atoms with E-state index in [1.165, 1.54) is 29.3 Å². The fraction of sp³-hybridized carbons (Fsp3) is 0.188. The zero-order chi connectivity index (χ0) is 29.1. The van der Waals surface area contributed by atoms with Crippen LogP contribution in [0.5, 0.6) is 5.75 Å². The van der Waals surface area contributed by atoms with Crippen LogP contribution in [0.25, 0.3) is 11.1 Å². The Morgan fingerprint density at radius 1 is 1.00 bits per heavy atom. The maximum Gasteiger partial charge on any atom is 0.270 e. The van der Waals surface area contributed by atoms with Gasteiger partial charge in [0, 0.05) is 36.1 Å². The molecule has 208 valence electrons. The molecule has 1 aliphatic rings. The van der Waals surface area contributed by atoms with Crippen molar-refractivity contribution in [3.8, 4) is 16.9 Å². The van der Waals surface area contributed by atoms with E-state index < -0.39 is 23.7 Å². The molecule has 3 aromatic carbocycles. The number of hydrazone groups is 1. The van der Waals surface area contributed by atoms with Crippen LogP contribution in [0.4, 0.5) is 20.2 Å². The van der Waals surface area contributed by atoms with Crippen molar-refractivity contribution in [2.75, 3.05) is 17.4 Å². The van der Waals surface area contributed by atoms with Crippen LogP contribution in [0.3, 0.4) is 0 Å². The van der Waals surface area contributed by atoms with Gasteiger partial charge in [-0.1, -0.05) is 36.4 Å². The zero-order valence-corrected chi connectivity index (χ0v) is 22.8. The number of hydrogen-bond acceptors (Lipinski definition) is 5. The van der Waals surface area contributed by atoms with Gasteiger partial charge in [-0.25, -0.2) is 8.78 Å². The second-order valence-corrected chi connectivity index (χ2v) is 9.94. The van der Waals surface area contributed by atoms with Crippen molar-refractivity contribution in [3.05, 3.63) is 108 Å². The number of alkyl halides is 2. The maximum atomic E-state index is 13.8. The van der Waals surface area contributed by atoms with E-state index in [0.717, 1.165) is 34.9 Å². The van der Waals surface area contributed by atoms with Gasteiger partial charge in [0.25, 0.3) is 11.8 Å². The van der Waals surface area contributed by atoms with E-state index in [1.54, 1.807) is 26.4 Å². The van der Waals surface area contributed by atoms with E-state index in [0.29, 0.717) is 17.8 Å². The fourth-order valence-electron chi connectivity index (χ4n) is 4.75. The van der Waals surface area contributed by atoms with Gasteiger partial charge < -0.3 is 10.1 Å². The van der Waals surface area contributed by atoms with Gasteiger partial charge in [-0.05, 0) is 72.5 Å². The fourth-order valence-corrected chi connectivity index (χ4v) is 4.75. The largest absolute Gasteiger partial charge is 0.497 e. The van der Waals surface area contributed by atoms with Crippen LogP contribution in [0, 0.1) is 5.92 Å². The van der Waals surface area contributed by atoms with E-state index in [4.69, 9.17) is 4.74 Å². The van der Waals surface area contributed by atoms with Gasteiger partial charge in [-0.2, -0.15) is 10.1 Å². The molecule has 4 aromatic rings. The van der Waals surface area contributed by atoms with Crippen LogP contribution >= 0.6 is 0 Å². The number of nitrogens with zero attached hydrogens (tertiary/aromatic N) is 3. The van der Waals surface area contributed by atoms with Crippen LogP contribution in [0.1, 0.15) is 30.5 Å². The topological polar surface area (TPSA) is 83.9 Å². The van der Waals surface area contributed by atoms with Crippen molar-refractivity contribution in [2.45, 2.75) is 26.2 Å². The average molecular weight is 555 g/mol. The Balaban J connectivity index is 1.45. The summed E-state index contributed by atoms with van der Waals surface area (Å²) in [5, 5.41) is 8.26. The predicted octanol–water partition coefficient (Wildman–Crippen LogP) is 6.44. The minimum atomic E-state index is -3.07. The first-order valence-electron chi connectivity index (χ1n) is 13.0. The molecule has 1 atom stereocenters. The summed E-state index contributed by atoms with van der Waals surface area (Å²) in [4.78, 5) is 31.0. The smallest absolute Gasteiger partial charge is 0.270 e. The van der Waals surface area contributed by atoms with Gasteiger partial charge in [0.15, 0.2) is 5.92 Å². The lowest BCUT2D eigenvalue weighted by Gasteiger charge is -2.18. The summed E-state index contributed by atoms with van der Waals surface area (Å²) in [6.45, 7) is 2.38. The Kier molecular flexibility index (Phi) is 7.61. The number of amides is 2. The number of nitrogens with one attached hydrogen (secondary N) is 1. The number of carbonyl (C=O) groups excluding carboxylic acids is 2.